The lowest BCUT2D eigenvalue weighted by molar-refractivity contribution is -0.146. The number of carbonyl (C=O) groups excluding carboxylic acids is 1. The molecule has 3 fully saturated rings. The van der Waals surface area contributed by atoms with Crippen molar-refractivity contribution in [3.05, 3.63) is 0 Å². The maximum Gasteiger partial charge on any atom is 0.320 e. The predicted octanol–water partition coefficient (Wildman–Crippen LogP) is 2.28. The third-order valence-corrected chi connectivity index (χ3v) is 5.18. The van der Waals surface area contributed by atoms with E-state index in [0.717, 1.165) is 45.1 Å². The number of nitrogens with zero attached hydrogens (tertiary/aromatic N) is 2. The van der Waals surface area contributed by atoms with Gasteiger partial charge < -0.3 is 10.0 Å². The highest BCUT2D eigenvalue weighted by Crippen LogP contribution is 2.34. The Balaban J connectivity index is 0.00000176. The monoisotopic (exact) mass is 330 g/mol. The van der Waals surface area contributed by atoms with Crippen LogP contribution >= 0.6 is 12.4 Å². The van der Waals surface area contributed by atoms with Crippen LogP contribution in [0.15, 0.2) is 0 Å². The molecule has 0 bridgehead atoms. The molecule has 126 valence electrons. The number of piperidine rings is 1. The van der Waals surface area contributed by atoms with Gasteiger partial charge in [-0.15, -0.1) is 12.4 Å². The van der Waals surface area contributed by atoms with Crippen molar-refractivity contribution in [2.24, 2.45) is 0 Å². The third kappa shape index (κ3) is 3.93. The molecule has 6 heteroatoms. The second kappa shape index (κ2) is 7.64. The van der Waals surface area contributed by atoms with Crippen molar-refractivity contribution in [1.29, 1.82) is 0 Å². The topological polar surface area (TPSA) is 60.9 Å². The molecule has 1 amide bonds. The van der Waals surface area contributed by atoms with Gasteiger partial charge in [0.15, 0.2) is 0 Å². The summed E-state index contributed by atoms with van der Waals surface area (Å²) in [6.45, 7) is 1.04. The van der Waals surface area contributed by atoms with E-state index in [9.17, 15) is 14.7 Å². The van der Waals surface area contributed by atoms with E-state index in [2.05, 4.69) is 4.90 Å². The van der Waals surface area contributed by atoms with E-state index in [4.69, 9.17) is 0 Å². The molecule has 2 saturated carbocycles. The van der Waals surface area contributed by atoms with Crippen LogP contribution in [0.5, 0.6) is 0 Å². The summed E-state index contributed by atoms with van der Waals surface area (Å²) in [5.74, 6) is -0.612. The fourth-order valence-electron chi connectivity index (χ4n) is 3.96. The first-order valence-corrected chi connectivity index (χ1v) is 8.45. The summed E-state index contributed by atoms with van der Waals surface area (Å²) in [4.78, 5) is 28.1. The van der Waals surface area contributed by atoms with Crippen LogP contribution in [0.2, 0.25) is 0 Å². The molecule has 0 spiro atoms. The number of carbonyl (C=O) groups is 2. The van der Waals surface area contributed by atoms with Gasteiger partial charge in [0.25, 0.3) is 0 Å². The minimum atomic E-state index is -0.777. The fraction of sp³-hybridized carbons (Fsp3) is 0.875. The number of carboxylic acid groups (broad SMARTS) is 1. The van der Waals surface area contributed by atoms with Crippen LogP contribution in [0.25, 0.3) is 0 Å². The molecule has 0 aromatic carbocycles. The predicted molar refractivity (Wildman–Crippen MR) is 86.2 cm³/mol. The minimum Gasteiger partial charge on any atom is -0.480 e. The standard InChI is InChI=1S/C16H26N2O3.ClH/c19-15(11-17-10-4-3-7-14(17)16(20)21)18(13-8-9-13)12-5-1-2-6-12;/h12-14H,1-11H2,(H,20,21);1H. The zero-order valence-corrected chi connectivity index (χ0v) is 13.9. The molecule has 0 radical (unpaired) electrons. The van der Waals surface area contributed by atoms with Crippen molar-refractivity contribution < 1.29 is 14.7 Å². The number of aliphatic carboxylic acids is 1. The second-order valence-electron chi connectivity index (χ2n) is 6.79. The number of hydrogen-bond acceptors (Lipinski definition) is 3. The number of rotatable bonds is 5. The van der Waals surface area contributed by atoms with Gasteiger partial charge in [0, 0.05) is 12.1 Å². The average Bonchev–Trinajstić information content (AvgIpc) is 3.13. The number of halogens is 1. The smallest absolute Gasteiger partial charge is 0.320 e. The Kier molecular flexibility index (Phi) is 6.09. The Morgan fingerprint density at radius 3 is 2.14 bits per heavy atom. The lowest BCUT2D eigenvalue weighted by Crippen LogP contribution is -2.51. The van der Waals surface area contributed by atoms with Crippen LogP contribution in [-0.2, 0) is 9.59 Å². The largest absolute Gasteiger partial charge is 0.480 e. The van der Waals surface area contributed by atoms with Crippen LogP contribution in [0.1, 0.15) is 57.8 Å². The lowest BCUT2D eigenvalue weighted by Gasteiger charge is -2.36. The molecule has 5 nitrogen and oxygen atoms in total. The molecule has 3 aliphatic rings. The molecule has 1 aliphatic heterocycles. The van der Waals surface area contributed by atoms with Crippen molar-refractivity contribution in [3.8, 4) is 0 Å². The van der Waals surface area contributed by atoms with Crippen LogP contribution in [0.3, 0.4) is 0 Å². The summed E-state index contributed by atoms with van der Waals surface area (Å²) in [5, 5.41) is 9.33. The summed E-state index contributed by atoms with van der Waals surface area (Å²) in [5.41, 5.74) is 0. The zero-order valence-electron chi connectivity index (χ0n) is 13.1. The fourth-order valence-corrected chi connectivity index (χ4v) is 3.96. The molecule has 1 atom stereocenters. The third-order valence-electron chi connectivity index (χ3n) is 5.18. The molecule has 3 rings (SSSR count). The van der Waals surface area contributed by atoms with E-state index in [1.165, 1.54) is 12.8 Å². The van der Waals surface area contributed by atoms with Gasteiger partial charge in [-0.2, -0.15) is 0 Å². The number of carboxylic acids is 1. The van der Waals surface area contributed by atoms with E-state index >= 15 is 0 Å². The Bertz CT molecular complexity index is 408. The second-order valence-corrected chi connectivity index (χ2v) is 6.79. The van der Waals surface area contributed by atoms with Crippen LogP contribution in [0.4, 0.5) is 0 Å². The first kappa shape index (κ1) is 17.5. The highest BCUT2D eigenvalue weighted by molar-refractivity contribution is 5.85. The molecule has 1 heterocycles. The van der Waals surface area contributed by atoms with Crippen molar-refractivity contribution in [3.63, 3.8) is 0 Å². The van der Waals surface area contributed by atoms with Gasteiger partial charge in [0.1, 0.15) is 6.04 Å². The van der Waals surface area contributed by atoms with Gasteiger partial charge in [0.2, 0.25) is 5.91 Å². The van der Waals surface area contributed by atoms with Crippen molar-refractivity contribution in [1.82, 2.24) is 9.80 Å². The van der Waals surface area contributed by atoms with Gasteiger partial charge in [-0.25, -0.2) is 0 Å². The highest BCUT2D eigenvalue weighted by Gasteiger charge is 2.40. The van der Waals surface area contributed by atoms with E-state index in [1.54, 1.807) is 0 Å². The van der Waals surface area contributed by atoms with Crippen LogP contribution in [-0.4, -0.2) is 58.0 Å². The number of likely N-dealkylation sites (tertiary alicyclic amines) is 1. The summed E-state index contributed by atoms with van der Waals surface area (Å²) in [6, 6.07) is 0.388. The summed E-state index contributed by atoms with van der Waals surface area (Å²) < 4.78 is 0. The molecule has 1 unspecified atom stereocenters. The average molecular weight is 331 g/mol. The van der Waals surface area contributed by atoms with Crippen LogP contribution in [0, 0.1) is 0 Å². The van der Waals surface area contributed by atoms with Gasteiger partial charge in [-0.05, 0) is 45.1 Å². The molecule has 1 N–H and O–H groups in total. The first-order chi connectivity index (χ1) is 10.2. The van der Waals surface area contributed by atoms with E-state index in [-0.39, 0.29) is 18.3 Å². The van der Waals surface area contributed by atoms with Gasteiger partial charge in [-0.3, -0.25) is 14.5 Å². The maximum absolute atomic E-state index is 12.7. The molecular formula is C16H27ClN2O3. The summed E-state index contributed by atoms with van der Waals surface area (Å²) in [6.07, 6.45) is 9.60. The van der Waals surface area contributed by atoms with Crippen LogP contribution < -0.4 is 0 Å². The Morgan fingerprint density at radius 1 is 0.955 bits per heavy atom. The highest BCUT2D eigenvalue weighted by atomic mass is 35.5. The maximum atomic E-state index is 12.7. The van der Waals surface area contributed by atoms with E-state index in [0.29, 0.717) is 25.0 Å². The number of amides is 1. The van der Waals surface area contributed by atoms with Crippen molar-refractivity contribution >= 4 is 24.3 Å². The zero-order chi connectivity index (χ0) is 14.8. The van der Waals surface area contributed by atoms with Gasteiger partial charge in [0.05, 0.1) is 6.54 Å². The van der Waals surface area contributed by atoms with E-state index in [1.807, 2.05) is 4.90 Å². The summed E-state index contributed by atoms with van der Waals surface area (Å²) >= 11 is 0. The Labute approximate surface area is 138 Å². The lowest BCUT2D eigenvalue weighted by atomic mass is 10.0. The molecular weight excluding hydrogens is 304 g/mol. The number of hydrogen-bond donors (Lipinski definition) is 1. The van der Waals surface area contributed by atoms with Gasteiger partial charge >= 0.3 is 5.97 Å². The normalized spacial score (nSPS) is 26.5. The molecule has 2 aliphatic carbocycles. The quantitative estimate of drug-likeness (QED) is 0.840. The summed E-state index contributed by atoms with van der Waals surface area (Å²) in [7, 11) is 0. The van der Waals surface area contributed by atoms with Crippen molar-refractivity contribution in [2.45, 2.75) is 75.9 Å². The first-order valence-electron chi connectivity index (χ1n) is 8.45. The Hall–Kier alpha value is -0.810. The Morgan fingerprint density at radius 2 is 1.55 bits per heavy atom. The molecule has 0 aromatic rings. The molecule has 22 heavy (non-hydrogen) atoms. The molecule has 1 saturated heterocycles. The van der Waals surface area contributed by atoms with E-state index < -0.39 is 12.0 Å². The minimum absolute atomic E-state index is 0. The molecule has 0 aromatic heterocycles. The van der Waals surface area contributed by atoms with Gasteiger partial charge in [-0.1, -0.05) is 19.3 Å². The SMILES string of the molecule is Cl.O=C(O)C1CCCCN1CC(=O)N(C1CCCC1)C1CC1. The van der Waals surface area contributed by atoms with Crippen molar-refractivity contribution in [2.75, 3.05) is 13.1 Å².